The van der Waals surface area contributed by atoms with Crippen LogP contribution in [-0.4, -0.2) is 29.9 Å². The normalized spacial score (nSPS) is 43.5. The van der Waals surface area contributed by atoms with Gasteiger partial charge in [-0.1, -0.05) is 20.3 Å². The van der Waals surface area contributed by atoms with Crippen LogP contribution in [-0.2, 0) is 0 Å². The van der Waals surface area contributed by atoms with Crippen LogP contribution in [0.15, 0.2) is 0 Å². The third kappa shape index (κ3) is 1.85. The van der Waals surface area contributed by atoms with E-state index in [1.165, 1.54) is 64.6 Å². The summed E-state index contributed by atoms with van der Waals surface area (Å²) in [5.41, 5.74) is 0.922. The molecular weight excluding hydrogens is 242 g/mol. The van der Waals surface area contributed by atoms with E-state index in [0.717, 1.165) is 5.92 Å². The number of alkyl halides is 1. The molecule has 2 heteroatoms. The number of halogens is 1. The summed E-state index contributed by atoms with van der Waals surface area (Å²) in [6.07, 6.45) is 9.67. The topological polar surface area (TPSA) is 3.24 Å². The Kier molecular flexibility index (Phi) is 3.43. The second kappa shape index (κ2) is 4.66. The summed E-state index contributed by atoms with van der Waals surface area (Å²) < 4.78 is 0. The highest BCUT2D eigenvalue weighted by Gasteiger charge is 2.62. The van der Waals surface area contributed by atoms with Crippen LogP contribution < -0.4 is 0 Å². The van der Waals surface area contributed by atoms with Gasteiger partial charge in [-0.3, -0.25) is 0 Å². The second-order valence-electron chi connectivity index (χ2n) is 7.47. The molecule has 0 spiro atoms. The van der Waals surface area contributed by atoms with E-state index in [1.807, 2.05) is 0 Å². The number of fused-ring (bicyclic) bond motifs is 2. The summed E-state index contributed by atoms with van der Waals surface area (Å²) in [6, 6.07) is 0. The molecule has 0 amide bonds. The van der Waals surface area contributed by atoms with E-state index >= 15 is 0 Å². The fraction of sp³-hybridized carbons (Fsp3) is 1.00. The highest BCUT2D eigenvalue weighted by molar-refractivity contribution is 6.21. The molecule has 0 unspecified atom stereocenters. The summed E-state index contributed by atoms with van der Waals surface area (Å²) >= 11 is 6.75. The van der Waals surface area contributed by atoms with E-state index in [2.05, 4.69) is 18.7 Å². The van der Waals surface area contributed by atoms with Crippen molar-refractivity contribution in [3.05, 3.63) is 0 Å². The first-order valence-corrected chi connectivity index (χ1v) is 8.36. The molecule has 3 aliphatic rings. The monoisotopic (exact) mass is 269 g/mol. The molecule has 1 heterocycles. The molecule has 0 radical (unpaired) electrons. The smallest absolute Gasteiger partial charge is 0.0400 e. The zero-order chi connectivity index (χ0) is 12.8. The number of piperidine rings is 1. The minimum atomic E-state index is 0.441. The molecule has 3 fully saturated rings. The predicted octanol–water partition coefficient (Wildman–Crippen LogP) is 4.30. The molecular formula is C16H28ClN. The van der Waals surface area contributed by atoms with Crippen molar-refractivity contribution in [1.29, 1.82) is 0 Å². The van der Waals surface area contributed by atoms with Crippen LogP contribution in [0.5, 0.6) is 0 Å². The molecule has 2 bridgehead atoms. The molecule has 2 saturated carbocycles. The van der Waals surface area contributed by atoms with Gasteiger partial charge in [-0.05, 0) is 74.9 Å². The quantitative estimate of drug-likeness (QED) is 0.691. The Labute approximate surface area is 117 Å². The molecule has 3 rings (SSSR count). The van der Waals surface area contributed by atoms with Gasteiger partial charge in [0.1, 0.15) is 0 Å². The molecule has 0 aromatic rings. The average molecular weight is 270 g/mol. The van der Waals surface area contributed by atoms with Gasteiger partial charge in [0.2, 0.25) is 0 Å². The van der Waals surface area contributed by atoms with Crippen molar-refractivity contribution in [2.75, 3.05) is 19.6 Å². The average Bonchev–Trinajstić information content (AvgIpc) is 2.72. The SMILES string of the molecule is CC1(C)[C@H]2CC[C@]1(CCN1CCCCC1)[C@H](Cl)C2. The lowest BCUT2D eigenvalue weighted by molar-refractivity contribution is 0.0929. The third-order valence-corrected chi connectivity index (χ3v) is 7.25. The number of nitrogens with zero attached hydrogens (tertiary/aromatic N) is 1. The highest BCUT2D eigenvalue weighted by atomic mass is 35.5. The summed E-state index contributed by atoms with van der Waals surface area (Å²) in [4.78, 5) is 2.68. The number of rotatable bonds is 3. The van der Waals surface area contributed by atoms with Crippen LogP contribution in [0.1, 0.15) is 58.8 Å². The maximum Gasteiger partial charge on any atom is 0.0400 e. The molecule has 18 heavy (non-hydrogen) atoms. The van der Waals surface area contributed by atoms with Gasteiger partial charge in [0.15, 0.2) is 0 Å². The molecule has 1 nitrogen and oxygen atoms in total. The Balaban J connectivity index is 1.66. The maximum atomic E-state index is 6.75. The van der Waals surface area contributed by atoms with Crippen molar-refractivity contribution in [3.63, 3.8) is 0 Å². The lowest BCUT2D eigenvalue weighted by Crippen LogP contribution is -2.41. The molecule has 3 atom stereocenters. The molecule has 0 N–H and O–H groups in total. The minimum Gasteiger partial charge on any atom is -0.303 e. The van der Waals surface area contributed by atoms with Gasteiger partial charge < -0.3 is 4.90 Å². The third-order valence-electron chi connectivity index (χ3n) is 6.66. The summed E-state index contributed by atoms with van der Waals surface area (Å²) in [6.45, 7) is 8.92. The minimum absolute atomic E-state index is 0.441. The Morgan fingerprint density at radius 2 is 1.89 bits per heavy atom. The van der Waals surface area contributed by atoms with E-state index in [1.54, 1.807) is 0 Å². The van der Waals surface area contributed by atoms with Crippen molar-refractivity contribution >= 4 is 11.6 Å². The molecule has 2 aliphatic carbocycles. The first-order chi connectivity index (χ1) is 8.56. The summed E-state index contributed by atoms with van der Waals surface area (Å²) in [5.74, 6) is 0.890. The Bertz CT molecular complexity index is 308. The largest absolute Gasteiger partial charge is 0.303 e. The lowest BCUT2D eigenvalue weighted by Gasteiger charge is -2.42. The van der Waals surface area contributed by atoms with E-state index in [0.29, 0.717) is 16.2 Å². The lowest BCUT2D eigenvalue weighted by atomic mass is 9.67. The fourth-order valence-corrected chi connectivity index (χ4v) is 5.83. The van der Waals surface area contributed by atoms with Crippen molar-refractivity contribution < 1.29 is 0 Å². The van der Waals surface area contributed by atoms with Gasteiger partial charge in [-0.15, -0.1) is 11.6 Å². The first-order valence-electron chi connectivity index (χ1n) is 7.93. The molecule has 104 valence electrons. The zero-order valence-corrected chi connectivity index (χ0v) is 12.8. The molecule has 1 saturated heterocycles. The molecule has 0 aromatic carbocycles. The van der Waals surface area contributed by atoms with Crippen molar-refractivity contribution in [1.82, 2.24) is 4.90 Å². The van der Waals surface area contributed by atoms with Gasteiger partial charge in [0.05, 0.1) is 0 Å². The standard InChI is InChI=1S/C16H28ClN/c1-15(2)13-6-7-16(15,14(17)12-13)8-11-18-9-4-3-5-10-18/h13-14H,3-12H2,1-2H3/t13-,14+,16-/m0/s1. The van der Waals surface area contributed by atoms with Crippen LogP contribution in [0.4, 0.5) is 0 Å². The van der Waals surface area contributed by atoms with Gasteiger partial charge in [0.25, 0.3) is 0 Å². The van der Waals surface area contributed by atoms with Gasteiger partial charge >= 0.3 is 0 Å². The Hall–Kier alpha value is 0.250. The van der Waals surface area contributed by atoms with Crippen LogP contribution >= 0.6 is 11.6 Å². The maximum absolute atomic E-state index is 6.75. The van der Waals surface area contributed by atoms with Crippen LogP contribution in [0.2, 0.25) is 0 Å². The Morgan fingerprint density at radius 3 is 2.44 bits per heavy atom. The van der Waals surface area contributed by atoms with E-state index in [-0.39, 0.29) is 0 Å². The second-order valence-corrected chi connectivity index (χ2v) is 8.00. The van der Waals surface area contributed by atoms with Gasteiger partial charge in [-0.2, -0.15) is 0 Å². The van der Waals surface area contributed by atoms with Crippen molar-refractivity contribution in [3.8, 4) is 0 Å². The molecule has 0 aromatic heterocycles. The van der Waals surface area contributed by atoms with Gasteiger partial charge in [0, 0.05) is 5.38 Å². The van der Waals surface area contributed by atoms with Gasteiger partial charge in [-0.25, -0.2) is 0 Å². The van der Waals surface area contributed by atoms with Crippen LogP contribution in [0.25, 0.3) is 0 Å². The van der Waals surface area contributed by atoms with Crippen LogP contribution in [0, 0.1) is 16.7 Å². The first kappa shape index (κ1) is 13.2. The van der Waals surface area contributed by atoms with Crippen molar-refractivity contribution in [2.45, 2.75) is 64.2 Å². The molecule has 1 aliphatic heterocycles. The number of hydrogen-bond acceptors (Lipinski definition) is 1. The predicted molar refractivity (Wildman–Crippen MR) is 78.1 cm³/mol. The fourth-order valence-electron chi connectivity index (χ4n) is 5.11. The number of hydrogen-bond donors (Lipinski definition) is 0. The van der Waals surface area contributed by atoms with Crippen LogP contribution in [0.3, 0.4) is 0 Å². The van der Waals surface area contributed by atoms with E-state index in [9.17, 15) is 0 Å². The summed E-state index contributed by atoms with van der Waals surface area (Å²) in [7, 11) is 0. The van der Waals surface area contributed by atoms with E-state index < -0.39 is 0 Å². The summed E-state index contributed by atoms with van der Waals surface area (Å²) in [5, 5.41) is 0.441. The van der Waals surface area contributed by atoms with Crippen molar-refractivity contribution in [2.24, 2.45) is 16.7 Å². The van der Waals surface area contributed by atoms with E-state index in [4.69, 9.17) is 11.6 Å². The Morgan fingerprint density at radius 1 is 1.17 bits per heavy atom. The highest BCUT2D eigenvalue weighted by Crippen LogP contribution is 2.68. The number of likely N-dealkylation sites (tertiary alicyclic amines) is 1. The zero-order valence-electron chi connectivity index (χ0n) is 12.1.